The van der Waals surface area contributed by atoms with E-state index in [4.69, 9.17) is 19.2 Å². The molecule has 4 rings (SSSR count). The van der Waals surface area contributed by atoms with Gasteiger partial charge in [0, 0.05) is 44.8 Å². The van der Waals surface area contributed by atoms with Crippen molar-refractivity contribution in [2.45, 2.75) is 0 Å². The van der Waals surface area contributed by atoms with Gasteiger partial charge in [-0.05, 0) is 24.3 Å². The predicted octanol–water partition coefficient (Wildman–Crippen LogP) is 2.87. The number of ether oxygens (including phenoxy) is 3. The van der Waals surface area contributed by atoms with Crippen LogP contribution in [-0.2, 0) is 0 Å². The lowest BCUT2D eigenvalue weighted by atomic mass is 10.1. The summed E-state index contributed by atoms with van der Waals surface area (Å²) in [5.74, 6) is 1.22. The Bertz CT molecular complexity index is 1020. The van der Waals surface area contributed by atoms with E-state index in [1.54, 1.807) is 23.5 Å². The fourth-order valence-electron chi connectivity index (χ4n) is 3.80. The Balaban J connectivity index is 1.28. The Morgan fingerprint density at radius 3 is 2.34 bits per heavy atom. The molecule has 1 aliphatic rings. The first-order valence-corrected chi connectivity index (χ1v) is 11.4. The maximum atomic E-state index is 12.6. The molecule has 0 atom stereocenters. The highest BCUT2D eigenvalue weighted by Crippen LogP contribution is 2.38. The van der Waals surface area contributed by atoms with Crippen LogP contribution in [0.5, 0.6) is 17.2 Å². The molecule has 2 heterocycles. The summed E-state index contributed by atoms with van der Waals surface area (Å²) in [5, 5.41) is 4.08. The van der Waals surface area contributed by atoms with Crippen molar-refractivity contribution in [3.05, 3.63) is 42.0 Å². The van der Waals surface area contributed by atoms with Crippen molar-refractivity contribution in [2.75, 3.05) is 65.5 Å². The van der Waals surface area contributed by atoms with Crippen LogP contribution >= 0.6 is 11.3 Å². The van der Waals surface area contributed by atoms with E-state index in [0.29, 0.717) is 29.4 Å². The molecule has 0 aliphatic carbocycles. The van der Waals surface area contributed by atoms with Crippen LogP contribution in [0.25, 0.3) is 10.2 Å². The number of benzene rings is 2. The summed E-state index contributed by atoms with van der Waals surface area (Å²) in [6.45, 7) is 5.10. The van der Waals surface area contributed by atoms with Gasteiger partial charge in [-0.1, -0.05) is 23.5 Å². The second-order valence-corrected chi connectivity index (χ2v) is 8.47. The maximum Gasteiger partial charge on any atom is 0.251 e. The number of thiazole rings is 1. The topological polar surface area (TPSA) is 76.2 Å². The van der Waals surface area contributed by atoms with Crippen molar-refractivity contribution in [1.29, 1.82) is 0 Å². The smallest absolute Gasteiger partial charge is 0.251 e. The van der Waals surface area contributed by atoms with Gasteiger partial charge in [-0.15, -0.1) is 0 Å². The molecule has 0 bridgehead atoms. The standard InChI is InChI=1S/C23H28N4O4S/c1-29-18-14-16(15-19(30-2)21(18)31-3)22(28)24-8-9-26-10-12-27(13-11-26)23-25-17-6-4-5-7-20(17)32-23/h4-7,14-15H,8-13H2,1-3H3,(H,24,28). The summed E-state index contributed by atoms with van der Waals surface area (Å²) in [4.78, 5) is 22.1. The fraction of sp³-hybridized carbons (Fsp3) is 0.391. The third kappa shape index (κ3) is 4.73. The largest absolute Gasteiger partial charge is 0.493 e. The van der Waals surface area contributed by atoms with Crippen molar-refractivity contribution in [1.82, 2.24) is 15.2 Å². The van der Waals surface area contributed by atoms with Gasteiger partial charge in [0.1, 0.15) is 0 Å². The summed E-state index contributed by atoms with van der Waals surface area (Å²) < 4.78 is 17.2. The zero-order chi connectivity index (χ0) is 22.5. The lowest BCUT2D eigenvalue weighted by molar-refractivity contribution is 0.0947. The normalized spacial score (nSPS) is 14.4. The molecule has 1 N–H and O–H groups in total. The summed E-state index contributed by atoms with van der Waals surface area (Å²) in [6.07, 6.45) is 0. The van der Waals surface area contributed by atoms with Gasteiger partial charge in [0.15, 0.2) is 16.6 Å². The number of nitrogens with zero attached hydrogens (tertiary/aromatic N) is 3. The Kier molecular flexibility index (Phi) is 6.96. The van der Waals surface area contributed by atoms with Crippen LogP contribution in [0.2, 0.25) is 0 Å². The molecule has 0 radical (unpaired) electrons. The number of nitrogens with one attached hydrogen (secondary N) is 1. The number of para-hydroxylation sites is 1. The van der Waals surface area contributed by atoms with Gasteiger partial charge in [0.2, 0.25) is 5.75 Å². The fourth-order valence-corrected chi connectivity index (χ4v) is 4.82. The molecule has 2 aromatic carbocycles. The molecule has 0 spiro atoms. The van der Waals surface area contributed by atoms with Crippen LogP contribution in [0.15, 0.2) is 36.4 Å². The number of hydrogen-bond donors (Lipinski definition) is 1. The number of methoxy groups -OCH3 is 3. The van der Waals surface area contributed by atoms with E-state index in [1.807, 2.05) is 6.07 Å². The van der Waals surface area contributed by atoms with E-state index in [2.05, 4.69) is 33.3 Å². The Morgan fingerprint density at radius 2 is 1.72 bits per heavy atom. The molecular weight excluding hydrogens is 428 g/mol. The van der Waals surface area contributed by atoms with Crippen molar-refractivity contribution < 1.29 is 19.0 Å². The third-order valence-electron chi connectivity index (χ3n) is 5.57. The number of hydrogen-bond acceptors (Lipinski definition) is 8. The molecule has 32 heavy (non-hydrogen) atoms. The van der Waals surface area contributed by atoms with Gasteiger partial charge in [-0.2, -0.15) is 0 Å². The van der Waals surface area contributed by atoms with Crippen LogP contribution in [-0.4, -0.2) is 76.4 Å². The number of fused-ring (bicyclic) bond motifs is 1. The maximum absolute atomic E-state index is 12.6. The SMILES string of the molecule is COc1cc(C(=O)NCCN2CCN(c3nc4ccccc4s3)CC2)cc(OC)c1OC. The number of piperazine rings is 1. The average molecular weight is 457 g/mol. The van der Waals surface area contributed by atoms with Crippen LogP contribution in [0.4, 0.5) is 5.13 Å². The molecular formula is C23H28N4O4S. The van der Waals surface area contributed by atoms with Crippen molar-refractivity contribution in [3.8, 4) is 17.2 Å². The van der Waals surface area contributed by atoms with Gasteiger partial charge in [-0.3, -0.25) is 9.69 Å². The quantitative estimate of drug-likeness (QED) is 0.559. The first-order chi connectivity index (χ1) is 15.6. The van der Waals surface area contributed by atoms with E-state index >= 15 is 0 Å². The second kappa shape index (κ2) is 10.1. The van der Waals surface area contributed by atoms with Crippen LogP contribution in [0, 0.1) is 0 Å². The van der Waals surface area contributed by atoms with Gasteiger partial charge < -0.3 is 24.4 Å². The predicted molar refractivity (Wildman–Crippen MR) is 127 cm³/mol. The molecule has 9 heteroatoms. The van der Waals surface area contributed by atoms with E-state index < -0.39 is 0 Å². The minimum atomic E-state index is -0.169. The van der Waals surface area contributed by atoms with Crippen LogP contribution in [0.1, 0.15) is 10.4 Å². The molecule has 1 saturated heterocycles. The molecule has 1 aliphatic heterocycles. The highest BCUT2D eigenvalue weighted by Gasteiger charge is 2.20. The number of amides is 1. The number of carbonyl (C=O) groups excluding carboxylic acids is 1. The molecule has 0 saturated carbocycles. The number of rotatable bonds is 8. The van der Waals surface area contributed by atoms with E-state index in [9.17, 15) is 4.79 Å². The van der Waals surface area contributed by atoms with Gasteiger partial charge in [0.05, 0.1) is 31.5 Å². The molecule has 170 valence electrons. The molecule has 8 nitrogen and oxygen atoms in total. The number of aromatic nitrogens is 1. The second-order valence-electron chi connectivity index (χ2n) is 7.46. The zero-order valence-electron chi connectivity index (χ0n) is 18.6. The average Bonchev–Trinajstić information content (AvgIpc) is 3.27. The first-order valence-electron chi connectivity index (χ1n) is 10.5. The molecule has 1 aromatic heterocycles. The minimum absolute atomic E-state index is 0.169. The first kappa shape index (κ1) is 22.2. The van der Waals surface area contributed by atoms with Crippen molar-refractivity contribution >= 4 is 32.6 Å². The molecule has 0 unspecified atom stereocenters. The van der Waals surface area contributed by atoms with Gasteiger partial charge in [0.25, 0.3) is 5.91 Å². The monoisotopic (exact) mass is 456 g/mol. The lowest BCUT2D eigenvalue weighted by Crippen LogP contribution is -2.48. The Morgan fingerprint density at radius 1 is 1.03 bits per heavy atom. The van der Waals surface area contributed by atoms with Crippen molar-refractivity contribution in [3.63, 3.8) is 0 Å². The Labute approximate surface area is 191 Å². The summed E-state index contributed by atoms with van der Waals surface area (Å²) in [6, 6.07) is 11.6. The van der Waals surface area contributed by atoms with Gasteiger partial charge >= 0.3 is 0 Å². The van der Waals surface area contributed by atoms with Crippen LogP contribution in [0.3, 0.4) is 0 Å². The number of carbonyl (C=O) groups is 1. The van der Waals surface area contributed by atoms with Crippen LogP contribution < -0.4 is 24.4 Å². The van der Waals surface area contributed by atoms with Gasteiger partial charge in [-0.25, -0.2) is 4.98 Å². The Hall–Kier alpha value is -3.04. The van der Waals surface area contributed by atoms with Crippen molar-refractivity contribution in [2.24, 2.45) is 0 Å². The zero-order valence-corrected chi connectivity index (χ0v) is 19.4. The molecule has 1 amide bonds. The minimum Gasteiger partial charge on any atom is -0.493 e. The summed E-state index contributed by atoms with van der Waals surface area (Å²) in [7, 11) is 4.61. The number of anilines is 1. The highest BCUT2D eigenvalue weighted by atomic mass is 32.1. The van der Waals surface area contributed by atoms with E-state index in [1.165, 1.54) is 26.0 Å². The highest BCUT2D eigenvalue weighted by molar-refractivity contribution is 7.22. The molecule has 3 aromatic rings. The lowest BCUT2D eigenvalue weighted by Gasteiger charge is -2.34. The molecule has 1 fully saturated rings. The third-order valence-corrected chi connectivity index (χ3v) is 6.66. The van der Waals surface area contributed by atoms with E-state index in [-0.39, 0.29) is 5.91 Å². The summed E-state index contributed by atoms with van der Waals surface area (Å²) >= 11 is 1.74. The van der Waals surface area contributed by atoms with E-state index in [0.717, 1.165) is 43.4 Å². The summed E-state index contributed by atoms with van der Waals surface area (Å²) in [5.41, 5.74) is 1.53.